The number of likely N-dealkylation sites (tertiary alicyclic amines) is 1. The molecule has 156 valence electrons. The van der Waals surface area contributed by atoms with Crippen molar-refractivity contribution in [3.8, 4) is 5.75 Å². The summed E-state index contributed by atoms with van der Waals surface area (Å²) in [6, 6.07) is 16.5. The molecule has 5 nitrogen and oxygen atoms in total. The van der Waals surface area contributed by atoms with Crippen molar-refractivity contribution in [2.75, 3.05) is 33.4 Å². The van der Waals surface area contributed by atoms with Crippen molar-refractivity contribution in [2.24, 2.45) is 0 Å². The summed E-state index contributed by atoms with van der Waals surface area (Å²) in [6.07, 6.45) is 3.65. The Labute approximate surface area is 172 Å². The number of phenolic OH excluding ortho intramolecular Hbond substituents is 1. The van der Waals surface area contributed by atoms with Gasteiger partial charge in [0.2, 0.25) is 0 Å². The minimum atomic E-state index is -0.836. The van der Waals surface area contributed by atoms with Gasteiger partial charge in [0.1, 0.15) is 5.75 Å². The third-order valence-electron chi connectivity index (χ3n) is 5.96. The smallest absolute Gasteiger partial charge is 0.305 e. The number of carboxylic acids is 1. The lowest BCUT2D eigenvalue weighted by molar-refractivity contribution is -0.138. The van der Waals surface area contributed by atoms with Crippen LogP contribution in [0.15, 0.2) is 48.5 Å². The molecule has 0 aliphatic carbocycles. The number of benzene rings is 2. The van der Waals surface area contributed by atoms with Crippen LogP contribution in [0, 0.1) is 0 Å². The number of hydrogen-bond acceptors (Lipinski definition) is 4. The van der Waals surface area contributed by atoms with Gasteiger partial charge in [-0.25, -0.2) is 0 Å². The molecule has 0 unspecified atom stereocenters. The summed E-state index contributed by atoms with van der Waals surface area (Å²) in [7, 11) is 2.15. The molecule has 1 aliphatic heterocycles. The van der Waals surface area contributed by atoms with E-state index in [1.807, 2.05) is 18.2 Å². The fourth-order valence-electron chi connectivity index (χ4n) is 4.23. The first-order chi connectivity index (χ1) is 14.0. The van der Waals surface area contributed by atoms with Gasteiger partial charge in [-0.05, 0) is 63.0 Å². The zero-order valence-electron chi connectivity index (χ0n) is 17.1. The van der Waals surface area contributed by atoms with Crippen LogP contribution in [0.3, 0.4) is 0 Å². The molecular formula is C24H31NO4. The van der Waals surface area contributed by atoms with Crippen molar-refractivity contribution < 1.29 is 19.7 Å². The van der Waals surface area contributed by atoms with Crippen LogP contribution in [0.1, 0.15) is 42.4 Å². The fraction of sp³-hybridized carbons (Fsp3) is 0.458. The third-order valence-corrected chi connectivity index (χ3v) is 5.96. The van der Waals surface area contributed by atoms with Gasteiger partial charge < -0.3 is 19.8 Å². The minimum absolute atomic E-state index is 0.0391. The van der Waals surface area contributed by atoms with Gasteiger partial charge in [0.15, 0.2) is 0 Å². The molecule has 2 aromatic rings. The Kier molecular flexibility index (Phi) is 7.29. The summed E-state index contributed by atoms with van der Waals surface area (Å²) in [5.41, 5.74) is 3.28. The standard InChI is InChI=1S/C24H31NO4/c1-25-14-12-24(13-15-25,20-7-3-2-4-8-20)21-18-19(9-10-22(21)26)6-5-16-29-17-11-23(27)28/h2-4,7-10,18,26H,5-6,11-17H2,1H3,(H,27,28). The highest BCUT2D eigenvalue weighted by molar-refractivity contribution is 5.66. The van der Waals surface area contributed by atoms with Gasteiger partial charge in [0.25, 0.3) is 0 Å². The maximum absolute atomic E-state index is 10.8. The summed E-state index contributed by atoms with van der Waals surface area (Å²) in [5.74, 6) is -0.475. The minimum Gasteiger partial charge on any atom is -0.508 e. The molecule has 0 radical (unpaired) electrons. The maximum Gasteiger partial charge on any atom is 0.305 e. The van der Waals surface area contributed by atoms with Crippen LogP contribution in [0.5, 0.6) is 5.75 Å². The highest BCUT2D eigenvalue weighted by atomic mass is 16.5. The molecule has 5 heteroatoms. The Hall–Kier alpha value is -2.37. The zero-order chi connectivity index (χ0) is 20.7. The number of aromatic hydroxyl groups is 1. The molecule has 3 rings (SSSR count). The molecule has 29 heavy (non-hydrogen) atoms. The van der Waals surface area contributed by atoms with Gasteiger partial charge in [-0.2, -0.15) is 0 Å². The first kappa shape index (κ1) is 21.3. The summed E-state index contributed by atoms with van der Waals surface area (Å²) in [4.78, 5) is 12.9. The van der Waals surface area contributed by atoms with Crippen LogP contribution in [0.25, 0.3) is 0 Å². The van der Waals surface area contributed by atoms with Gasteiger partial charge in [-0.3, -0.25) is 4.79 Å². The summed E-state index contributed by atoms with van der Waals surface area (Å²) < 4.78 is 5.40. The summed E-state index contributed by atoms with van der Waals surface area (Å²) in [6.45, 7) is 2.78. The molecular weight excluding hydrogens is 366 g/mol. The Balaban J connectivity index is 1.76. The van der Waals surface area contributed by atoms with E-state index in [1.54, 1.807) is 0 Å². The first-order valence-corrected chi connectivity index (χ1v) is 10.4. The molecule has 2 N–H and O–H groups in total. The molecule has 0 aromatic heterocycles. The van der Waals surface area contributed by atoms with Crippen LogP contribution in [-0.2, 0) is 21.4 Å². The van der Waals surface area contributed by atoms with Gasteiger partial charge in [0.05, 0.1) is 13.0 Å². The van der Waals surface area contributed by atoms with Crippen LogP contribution < -0.4 is 0 Å². The zero-order valence-corrected chi connectivity index (χ0v) is 17.1. The number of piperidine rings is 1. The van der Waals surface area contributed by atoms with E-state index < -0.39 is 5.97 Å². The lowest BCUT2D eigenvalue weighted by Gasteiger charge is -2.42. The predicted molar refractivity (Wildman–Crippen MR) is 113 cm³/mol. The van der Waals surface area contributed by atoms with E-state index in [0.29, 0.717) is 12.4 Å². The van der Waals surface area contributed by atoms with E-state index in [4.69, 9.17) is 9.84 Å². The highest BCUT2D eigenvalue weighted by Crippen LogP contribution is 2.45. The van der Waals surface area contributed by atoms with Crippen molar-refractivity contribution in [3.05, 3.63) is 65.2 Å². The molecule has 2 aromatic carbocycles. The van der Waals surface area contributed by atoms with E-state index in [1.165, 1.54) is 11.1 Å². The maximum atomic E-state index is 10.8. The van der Waals surface area contributed by atoms with Crippen molar-refractivity contribution >= 4 is 5.97 Å². The molecule has 0 saturated carbocycles. The van der Waals surface area contributed by atoms with E-state index in [2.05, 4.69) is 42.3 Å². The number of ether oxygens (including phenoxy) is 1. The fourth-order valence-corrected chi connectivity index (χ4v) is 4.23. The van der Waals surface area contributed by atoms with E-state index in [0.717, 1.165) is 44.3 Å². The third kappa shape index (κ3) is 5.37. The van der Waals surface area contributed by atoms with Crippen LogP contribution in [0.2, 0.25) is 0 Å². The second-order valence-electron chi connectivity index (χ2n) is 7.96. The number of aliphatic carboxylic acids is 1. The molecule has 0 bridgehead atoms. The summed E-state index contributed by atoms with van der Waals surface area (Å²) >= 11 is 0. The molecule has 1 aliphatic rings. The molecule has 0 spiro atoms. The van der Waals surface area contributed by atoms with E-state index >= 15 is 0 Å². The number of nitrogens with zero attached hydrogens (tertiary/aromatic N) is 1. The molecule has 1 fully saturated rings. The number of phenols is 1. The molecule has 0 atom stereocenters. The molecule has 0 amide bonds. The van der Waals surface area contributed by atoms with Crippen LogP contribution in [0.4, 0.5) is 0 Å². The largest absolute Gasteiger partial charge is 0.508 e. The van der Waals surface area contributed by atoms with Crippen LogP contribution in [-0.4, -0.2) is 54.4 Å². The van der Waals surface area contributed by atoms with E-state index in [9.17, 15) is 9.90 Å². The topological polar surface area (TPSA) is 70.0 Å². The normalized spacial score (nSPS) is 16.6. The van der Waals surface area contributed by atoms with Crippen molar-refractivity contribution in [1.82, 2.24) is 4.90 Å². The summed E-state index contributed by atoms with van der Waals surface area (Å²) in [5, 5.41) is 19.4. The number of hydrogen-bond donors (Lipinski definition) is 2. The first-order valence-electron chi connectivity index (χ1n) is 10.4. The average molecular weight is 398 g/mol. The predicted octanol–water partition coefficient (Wildman–Crippen LogP) is 3.83. The van der Waals surface area contributed by atoms with Crippen LogP contribution >= 0.6 is 0 Å². The Morgan fingerprint density at radius 2 is 1.83 bits per heavy atom. The van der Waals surface area contributed by atoms with Gasteiger partial charge in [-0.1, -0.05) is 42.5 Å². The lowest BCUT2D eigenvalue weighted by Crippen LogP contribution is -2.41. The quantitative estimate of drug-likeness (QED) is 0.630. The number of carbonyl (C=O) groups is 1. The van der Waals surface area contributed by atoms with Gasteiger partial charge in [0, 0.05) is 17.6 Å². The van der Waals surface area contributed by atoms with Gasteiger partial charge >= 0.3 is 5.97 Å². The molecule has 1 heterocycles. The Bertz CT molecular complexity index is 798. The Morgan fingerprint density at radius 3 is 2.52 bits per heavy atom. The monoisotopic (exact) mass is 397 g/mol. The SMILES string of the molecule is CN1CCC(c2ccccc2)(c2cc(CCCOCCC(=O)O)ccc2O)CC1. The van der Waals surface area contributed by atoms with Crippen molar-refractivity contribution in [2.45, 2.75) is 37.5 Å². The van der Waals surface area contributed by atoms with E-state index in [-0.39, 0.29) is 18.4 Å². The average Bonchev–Trinajstić information content (AvgIpc) is 2.73. The second-order valence-corrected chi connectivity index (χ2v) is 7.96. The highest BCUT2D eigenvalue weighted by Gasteiger charge is 2.39. The number of aryl methyl sites for hydroxylation is 1. The number of rotatable bonds is 9. The molecule has 1 saturated heterocycles. The lowest BCUT2D eigenvalue weighted by atomic mass is 9.67. The number of carboxylic acid groups (broad SMARTS) is 1. The van der Waals surface area contributed by atoms with Crippen molar-refractivity contribution in [3.63, 3.8) is 0 Å². The second kappa shape index (κ2) is 9.90. The van der Waals surface area contributed by atoms with Gasteiger partial charge in [-0.15, -0.1) is 0 Å². The Morgan fingerprint density at radius 1 is 1.10 bits per heavy atom. The van der Waals surface area contributed by atoms with Crippen molar-refractivity contribution in [1.29, 1.82) is 0 Å².